The summed E-state index contributed by atoms with van der Waals surface area (Å²) in [5.41, 5.74) is 1.15. The van der Waals surface area contributed by atoms with E-state index in [-0.39, 0.29) is 5.97 Å². The third kappa shape index (κ3) is 1.72. The molecule has 0 aliphatic heterocycles. The molecule has 1 fully saturated rings. The van der Waals surface area contributed by atoms with Gasteiger partial charge in [-0.25, -0.2) is 9.97 Å². The van der Waals surface area contributed by atoms with Crippen LogP contribution in [0.25, 0.3) is 11.2 Å². The lowest BCUT2D eigenvalue weighted by Crippen LogP contribution is -2.27. The summed E-state index contributed by atoms with van der Waals surface area (Å²) in [4.78, 5) is 21.2. The Balaban J connectivity index is 2.12. The molecule has 0 unspecified atom stereocenters. The monoisotopic (exact) mass is 259 g/mol. The van der Waals surface area contributed by atoms with Crippen LogP contribution in [-0.4, -0.2) is 27.1 Å². The number of pyridine rings is 1. The summed E-state index contributed by atoms with van der Waals surface area (Å²) in [5, 5.41) is 0. The molecule has 5 heteroatoms. The largest absolute Gasteiger partial charge is 0.465 e. The van der Waals surface area contributed by atoms with Crippen molar-refractivity contribution in [3.8, 4) is 0 Å². The molecule has 2 aromatic heterocycles. The Morgan fingerprint density at radius 2 is 2.26 bits per heavy atom. The van der Waals surface area contributed by atoms with Crippen molar-refractivity contribution in [2.24, 2.45) is 0 Å². The van der Waals surface area contributed by atoms with Crippen LogP contribution < -0.4 is 0 Å². The molecule has 1 saturated carbocycles. The molecule has 0 radical (unpaired) electrons. The Hall–Kier alpha value is -1.91. The van der Waals surface area contributed by atoms with Gasteiger partial charge in [-0.15, -0.1) is 0 Å². The number of hydrogen-bond acceptors (Lipinski definition) is 4. The van der Waals surface area contributed by atoms with Crippen LogP contribution in [0.15, 0.2) is 18.3 Å². The van der Waals surface area contributed by atoms with E-state index in [1.807, 2.05) is 30.5 Å². The van der Waals surface area contributed by atoms with Crippen molar-refractivity contribution in [3.05, 3.63) is 24.2 Å². The van der Waals surface area contributed by atoms with E-state index in [0.29, 0.717) is 6.61 Å². The predicted octanol–water partition coefficient (Wildman–Crippen LogP) is 2.05. The summed E-state index contributed by atoms with van der Waals surface area (Å²) in [6.07, 6.45) is 3.38. The quantitative estimate of drug-likeness (QED) is 0.788. The van der Waals surface area contributed by atoms with Gasteiger partial charge in [0, 0.05) is 12.7 Å². The number of aromatic nitrogens is 3. The van der Waals surface area contributed by atoms with E-state index in [9.17, 15) is 4.79 Å². The van der Waals surface area contributed by atoms with Gasteiger partial charge < -0.3 is 9.30 Å². The number of ether oxygens (including phenoxy) is 1. The standard InChI is InChI=1S/C14H17N3O2/c1-3-17-11-10(6-5-9-15-11)16-12(17)14(7-8-14)13(18)19-4-2/h5-6,9H,3-4,7-8H2,1-2H3. The highest BCUT2D eigenvalue weighted by atomic mass is 16.5. The highest BCUT2D eigenvalue weighted by Crippen LogP contribution is 2.49. The molecular formula is C14H17N3O2. The van der Waals surface area contributed by atoms with Gasteiger partial charge in [0.1, 0.15) is 16.8 Å². The summed E-state index contributed by atoms with van der Waals surface area (Å²) in [5.74, 6) is 0.655. The number of hydrogen-bond donors (Lipinski definition) is 0. The fraction of sp³-hybridized carbons (Fsp3) is 0.500. The first-order valence-corrected chi connectivity index (χ1v) is 6.72. The van der Waals surface area contributed by atoms with Gasteiger partial charge in [0.05, 0.1) is 6.61 Å². The van der Waals surface area contributed by atoms with E-state index >= 15 is 0 Å². The normalized spacial score (nSPS) is 16.5. The molecule has 1 aliphatic carbocycles. The molecule has 0 amide bonds. The lowest BCUT2D eigenvalue weighted by atomic mass is 10.1. The van der Waals surface area contributed by atoms with Gasteiger partial charge in [-0.05, 0) is 38.8 Å². The van der Waals surface area contributed by atoms with Crippen LogP contribution in [0, 0.1) is 0 Å². The lowest BCUT2D eigenvalue weighted by Gasteiger charge is -2.14. The second kappa shape index (κ2) is 4.33. The number of esters is 1. The zero-order valence-corrected chi connectivity index (χ0v) is 11.2. The van der Waals surface area contributed by atoms with Gasteiger partial charge in [-0.2, -0.15) is 0 Å². The smallest absolute Gasteiger partial charge is 0.319 e. The second-order valence-electron chi connectivity index (χ2n) is 4.83. The van der Waals surface area contributed by atoms with Crippen LogP contribution in [0.2, 0.25) is 0 Å². The molecule has 0 atom stereocenters. The Morgan fingerprint density at radius 1 is 1.47 bits per heavy atom. The molecule has 3 rings (SSSR count). The fourth-order valence-electron chi connectivity index (χ4n) is 2.54. The van der Waals surface area contributed by atoms with Crippen molar-refractivity contribution < 1.29 is 9.53 Å². The van der Waals surface area contributed by atoms with Crippen molar-refractivity contribution in [1.29, 1.82) is 0 Å². The number of carbonyl (C=O) groups is 1. The van der Waals surface area contributed by atoms with E-state index in [1.165, 1.54) is 0 Å². The van der Waals surface area contributed by atoms with Gasteiger partial charge >= 0.3 is 5.97 Å². The molecule has 1 aliphatic rings. The van der Waals surface area contributed by atoms with Crippen LogP contribution in [0.5, 0.6) is 0 Å². The van der Waals surface area contributed by atoms with E-state index in [4.69, 9.17) is 4.74 Å². The molecule has 0 aromatic carbocycles. The highest BCUT2D eigenvalue weighted by molar-refractivity contribution is 5.87. The zero-order valence-electron chi connectivity index (χ0n) is 11.2. The van der Waals surface area contributed by atoms with Crippen LogP contribution in [0.4, 0.5) is 0 Å². The van der Waals surface area contributed by atoms with Crippen LogP contribution >= 0.6 is 0 Å². The number of fused-ring (bicyclic) bond motifs is 1. The minimum absolute atomic E-state index is 0.153. The Morgan fingerprint density at radius 3 is 2.89 bits per heavy atom. The first-order chi connectivity index (χ1) is 9.23. The van der Waals surface area contributed by atoms with Crippen LogP contribution in [-0.2, 0) is 21.5 Å². The molecule has 5 nitrogen and oxygen atoms in total. The summed E-state index contributed by atoms with van der Waals surface area (Å²) in [7, 11) is 0. The molecule has 0 saturated heterocycles. The minimum Gasteiger partial charge on any atom is -0.465 e. The maximum Gasteiger partial charge on any atom is 0.319 e. The molecule has 2 heterocycles. The predicted molar refractivity (Wildman–Crippen MR) is 70.7 cm³/mol. The summed E-state index contributed by atoms with van der Waals surface area (Å²) < 4.78 is 7.23. The van der Waals surface area contributed by atoms with Crippen molar-refractivity contribution in [2.75, 3.05) is 6.61 Å². The van der Waals surface area contributed by atoms with Crippen LogP contribution in [0.3, 0.4) is 0 Å². The van der Waals surface area contributed by atoms with E-state index in [2.05, 4.69) is 9.97 Å². The molecule has 100 valence electrons. The molecular weight excluding hydrogens is 242 g/mol. The second-order valence-corrected chi connectivity index (χ2v) is 4.83. The Labute approximate surface area is 111 Å². The molecule has 0 bridgehead atoms. The highest BCUT2D eigenvalue weighted by Gasteiger charge is 2.56. The number of aryl methyl sites for hydroxylation is 1. The van der Waals surface area contributed by atoms with Gasteiger partial charge in [0.15, 0.2) is 5.65 Å². The zero-order chi connectivity index (χ0) is 13.5. The van der Waals surface area contributed by atoms with E-state index in [1.54, 1.807) is 6.20 Å². The molecule has 0 spiro atoms. The molecule has 2 aromatic rings. The average molecular weight is 259 g/mol. The first kappa shape index (κ1) is 12.1. The van der Waals surface area contributed by atoms with E-state index < -0.39 is 5.41 Å². The molecule has 0 N–H and O–H groups in total. The number of rotatable bonds is 4. The van der Waals surface area contributed by atoms with Crippen LogP contribution in [0.1, 0.15) is 32.5 Å². The number of imidazole rings is 1. The maximum atomic E-state index is 12.2. The van der Waals surface area contributed by atoms with Crippen molar-refractivity contribution in [3.63, 3.8) is 0 Å². The summed E-state index contributed by atoms with van der Waals surface area (Å²) >= 11 is 0. The maximum absolute atomic E-state index is 12.2. The topological polar surface area (TPSA) is 57.0 Å². The van der Waals surface area contributed by atoms with Crippen molar-refractivity contribution >= 4 is 17.1 Å². The summed E-state index contributed by atoms with van der Waals surface area (Å²) in [6.45, 7) is 5.04. The lowest BCUT2D eigenvalue weighted by molar-refractivity contribution is -0.146. The Bertz CT molecular complexity index is 629. The fourth-order valence-corrected chi connectivity index (χ4v) is 2.54. The third-order valence-corrected chi connectivity index (χ3v) is 3.66. The van der Waals surface area contributed by atoms with Gasteiger partial charge in [0.25, 0.3) is 0 Å². The van der Waals surface area contributed by atoms with Gasteiger partial charge in [-0.1, -0.05) is 0 Å². The summed E-state index contributed by atoms with van der Waals surface area (Å²) in [6, 6.07) is 3.79. The minimum atomic E-state index is -0.535. The number of carbonyl (C=O) groups excluding carboxylic acids is 1. The first-order valence-electron chi connectivity index (χ1n) is 6.72. The molecule has 19 heavy (non-hydrogen) atoms. The number of nitrogens with zero attached hydrogens (tertiary/aromatic N) is 3. The van der Waals surface area contributed by atoms with E-state index in [0.717, 1.165) is 36.4 Å². The Kier molecular flexibility index (Phi) is 2.77. The van der Waals surface area contributed by atoms with Crippen molar-refractivity contribution in [1.82, 2.24) is 14.5 Å². The van der Waals surface area contributed by atoms with Gasteiger partial charge in [0.2, 0.25) is 0 Å². The van der Waals surface area contributed by atoms with Crippen molar-refractivity contribution in [2.45, 2.75) is 38.6 Å². The van der Waals surface area contributed by atoms with Gasteiger partial charge in [-0.3, -0.25) is 4.79 Å². The SMILES string of the molecule is CCOC(=O)C1(c2nc3cccnc3n2CC)CC1. The average Bonchev–Trinajstić information content (AvgIpc) is 3.14. The third-order valence-electron chi connectivity index (χ3n) is 3.66.